The fourth-order valence-corrected chi connectivity index (χ4v) is 3.75. The third kappa shape index (κ3) is 4.19. The largest absolute Gasteiger partial charge is 0.507 e. The summed E-state index contributed by atoms with van der Waals surface area (Å²) in [6.07, 6.45) is 0.868. The number of carbonyl (C=O) groups excluding carboxylic acids is 2. The second-order valence-electron chi connectivity index (χ2n) is 7.61. The van der Waals surface area contributed by atoms with Gasteiger partial charge < -0.3 is 19.1 Å². The molecule has 0 aliphatic carbocycles. The minimum Gasteiger partial charge on any atom is -0.507 e. The van der Waals surface area contributed by atoms with Gasteiger partial charge in [0, 0.05) is 11.6 Å². The maximum Gasteiger partial charge on any atom is 0.301 e. The smallest absolute Gasteiger partial charge is 0.301 e. The summed E-state index contributed by atoms with van der Waals surface area (Å²) < 4.78 is 16.1. The van der Waals surface area contributed by atoms with Crippen molar-refractivity contribution in [2.24, 2.45) is 0 Å². The Morgan fingerprint density at radius 1 is 1.12 bits per heavy atom. The quantitative estimate of drug-likeness (QED) is 0.325. The van der Waals surface area contributed by atoms with Crippen LogP contribution in [-0.4, -0.2) is 35.7 Å². The number of rotatable bonds is 7. The Hall–Kier alpha value is -4.07. The van der Waals surface area contributed by atoms with Gasteiger partial charge in [-0.1, -0.05) is 24.2 Å². The highest BCUT2D eigenvalue weighted by atomic mass is 16.5. The number of aromatic nitrogens is 1. The molecule has 33 heavy (non-hydrogen) atoms. The van der Waals surface area contributed by atoms with Crippen molar-refractivity contribution in [3.05, 3.63) is 77.1 Å². The molecular formula is C25H24N2O6. The highest BCUT2D eigenvalue weighted by Gasteiger charge is 2.48. The van der Waals surface area contributed by atoms with Gasteiger partial charge in [0.15, 0.2) is 5.82 Å². The molecule has 1 aliphatic rings. The standard InChI is InChI=1S/C25H24N2O6/c1-4-12-32-18-10-8-16(9-11-18)23(28)21-22(17-6-5-7-19(14-17)31-3)27(25(30)24(21)29)20-13-15(2)33-26-20/h5-11,13-14,22,28H,4,12H2,1-3H3/b23-21+/t22-/m0/s1. The number of amides is 1. The van der Waals surface area contributed by atoms with Crippen LogP contribution in [0, 0.1) is 6.92 Å². The van der Waals surface area contributed by atoms with Crippen molar-refractivity contribution < 1.29 is 28.7 Å². The van der Waals surface area contributed by atoms with Crippen LogP contribution in [0.5, 0.6) is 11.5 Å². The van der Waals surface area contributed by atoms with Crippen LogP contribution in [0.3, 0.4) is 0 Å². The fraction of sp³-hybridized carbons (Fsp3) is 0.240. The van der Waals surface area contributed by atoms with Gasteiger partial charge in [-0.25, -0.2) is 0 Å². The molecule has 1 aromatic heterocycles. The molecular weight excluding hydrogens is 424 g/mol. The zero-order chi connectivity index (χ0) is 23.5. The van der Waals surface area contributed by atoms with Gasteiger partial charge >= 0.3 is 5.91 Å². The number of carbonyl (C=O) groups is 2. The number of hydrogen-bond acceptors (Lipinski definition) is 7. The van der Waals surface area contributed by atoms with Gasteiger partial charge in [0.1, 0.15) is 23.0 Å². The summed E-state index contributed by atoms with van der Waals surface area (Å²) in [5.41, 5.74) is 0.927. The summed E-state index contributed by atoms with van der Waals surface area (Å²) in [5.74, 6) is -0.0364. The number of Topliss-reactive ketones (excluding diaryl/α,β-unsaturated/α-hetero) is 1. The number of aliphatic hydroxyl groups is 1. The predicted octanol–water partition coefficient (Wildman–Crippen LogP) is 4.41. The van der Waals surface area contributed by atoms with Crippen LogP contribution in [0.1, 0.15) is 36.3 Å². The number of nitrogens with zero attached hydrogens (tertiary/aromatic N) is 2. The Labute approximate surface area is 191 Å². The first kappa shape index (κ1) is 22.1. The zero-order valence-electron chi connectivity index (χ0n) is 18.6. The maximum atomic E-state index is 13.1. The molecule has 0 saturated carbocycles. The van der Waals surface area contributed by atoms with E-state index in [1.54, 1.807) is 61.5 Å². The van der Waals surface area contributed by atoms with Crippen LogP contribution >= 0.6 is 0 Å². The summed E-state index contributed by atoms with van der Waals surface area (Å²) in [5, 5.41) is 15.1. The monoisotopic (exact) mass is 448 g/mol. The molecule has 2 heterocycles. The number of aryl methyl sites for hydroxylation is 1. The van der Waals surface area contributed by atoms with E-state index in [1.807, 2.05) is 6.92 Å². The summed E-state index contributed by atoms with van der Waals surface area (Å²) in [6.45, 7) is 4.27. The molecule has 0 radical (unpaired) electrons. The van der Waals surface area contributed by atoms with E-state index in [9.17, 15) is 14.7 Å². The molecule has 0 spiro atoms. The zero-order valence-corrected chi connectivity index (χ0v) is 18.6. The Bertz CT molecular complexity index is 1210. The molecule has 3 aromatic rings. The Morgan fingerprint density at radius 3 is 2.52 bits per heavy atom. The van der Waals surface area contributed by atoms with Crippen molar-refractivity contribution in [3.8, 4) is 11.5 Å². The summed E-state index contributed by atoms with van der Waals surface area (Å²) in [7, 11) is 1.53. The van der Waals surface area contributed by atoms with Crippen molar-refractivity contribution in [3.63, 3.8) is 0 Å². The lowest BCUT2D eigenvalue weighted by Crippen LogP contribution is -2.29. The average Bonchev–Trinajstić information content (AvgIpc) is 3.38. The molecule has 170 valence electrons. The Morgan fingerprint density at radius 2 is 1.88 bits per heavy atom. The fourth-order valence-electron chi connectivity index (χ4n) is 3.75. The maximum absolute atomic E-state index is 13.1. The summed E-state index contributed by atoms with van der Waals surface area (Å²) in [4.78, 5) is 27.4. The number of aliphatic hydroxyl groups excluding tert-OH is 1. The van der Waals surface area contributed by atoms with E-state index < -0.39 is 17.7 Å². The van der Waals surface area contributed by atoms with E-state index in [0.717, 1.165) is 6.42 Å². The van der Waals surface area contributed by atoms with Gasteiger partial charge in [0.25, 0.3) is 5.78 Å². The van der Waals surface area contributed by atoms with E-state index in [0.29, 0.717) is 35.0 Å². The van der Waals surface area contributed by atoms with Crippen LogP contribution in [0.2, 0.25) is 0 Å². The van der Waals surface area contributed by atoms with Gasteiger partial charge in [0.05, 0.1) is 25.3 Å². The minimum atomic E-state index is -0.916. The van der Waals surface area contributed by atoms with E-state index in [4.69, 9.17) is 14.0 Å². The Kier molecular flexibility index (Phi) is 6.17. The van der Waals surface area contributed by atoms with Crippen LogP contribution < -0.4 is 14.4 Å². The van der Waals surface area contributed by atoms with E-state index >= 15 is 0 Å². The minimum absolute atomic E-state index is 0.0452. The molecule has 8 nitrogen and oxygen atoms in total. The topological polar surface area (TPSA) is 102 Å². The van der Waals surface area contributed by atoms with E-state index in [1.165, 1.54) is 12.0 Å². The van der Waals surface area contributed by atoms with Crippen molar-refractivity contribution in [2.45, 2.75) is 26.3 Å². The number of ether oxygens (including phenoxy) is 2. The van der Waals surface area contributed by atoms with Crippen molar-refractivity contribution in [1.82, 2.24) is 5.16 Å². The van der Waals surface area contributed by atoms with Crippen LogP contribution in [0.25, 0.3) is 5.76 Å². The molecule has 1 atom stereocenters. The molecule has 0 bridgehead atoms. The second-order valence-corrected chi connectivity index (χ2v) is 7.61. The third-order valence-corrected chi connectivity index (χ3v) is 5.32. The van der Waals surface area contributed by atoms with Gasteiger partial charge in [-0.2, -0.15) is 0 Å². The third-order valence-electron chi connectivity index (χ3n) is 5.32. The first-order valence-corrected chi connectivity index (χ1v) is 10.6. The molecule has 1 saturated heterocycles. The lowest BCUT2D eigenvalue weighted by atomic mass is 9.95. The van der Waals surface area contributed by atoms with E-state index in [-0.39, 0.29) is 17.2 Å². The van der Waals surface area contributed by atoms with Crippen LogP contribution in [-0.2, 0) is 9.59 Å². The highest BCUT2D eigenvalue weighted by Crippen LogP contribution is 2.42. The molecule has 2 aromatic carbocycles. The summed E-state index contributed by atoms with van der Waals surface area (Å²) >= 11 is 0. The van der Waals surface area contributed by atoms with Crippen LogP contribution in [0.4, 0.5) is 5.82 Å². The van der Waals surface area contributed by atoms with Gasteiger partial charge in [-0.05, 0) is 55.3 Å². The molecule has 1 fully saturated rings. The van der Waals surface area contributed by atoms with Crippen molar-refractivity contribution in [1.29, 1.82) is 0 Å². The highest BCUT2D eigenvalue weighted by molar-refractivity contribution is 6.51. The molecule has 1 amide bonds. The van der Waals surface area contributed by atoms with Gasteiger partial charge in [-0.3, -0.25) is 14.5 Å². The first-order chi connectivity index (χ1) is 15.9. The Balaban J connectivity index is 1.85. The number of anilines is 1. The number of benzene rings is 2. The lowest BCUT2D eigenvalue weighted by Gasteiger charge is -2.23. The SMILES string of the molecule is CCCOc1ccc(/C(O)=C2\C(=O)C(=O)N(c3cc(C)on3)[C@H]2c2cccc(OC)c2)cc1. The van der Waals surface area contributed by atoms with Crippen molar-refractivity contribution in [2.75, 3.05) is 18.6 Å². The van der Waals surface area contributed by atoms with Crippen LogP contribution in [0.15, 0.2) is 64.7 Å². The second kappa shape index (κ2) is 9.20. The normalized spacial score (nSPS) is 17.4. The van der Waals surface area contributed by atoms with E-state index in [2.05, 4.69) is 5.16 Å². The average molecular weight is 448 g/mol. The van der Waals surface area contributed by atoms with Crippen molar-refractivity contribution >= 4 is 23.3 Å². The molecule has 0 unspecified atom stereocenters. The number of hydrogen-bond donors (Lipinski definition) is 1. The first-order valence-electron chi connectivity index (χ1n) is 10.6. The molecule has 1 N–H and O–H groups in total. The molecule has 4 rings (SSSR count). The molecule has 8 heteroatoms. The number of ketones is 1. The lowest BCUT2D eigenvalue weighted by molar-refractivity contribution is -0.132. The molecule has 1 aliphatic heterocycles. The van der Waals surface area contributed by atoms with Gasteiger partial charge in [0.2, 0.25) is 0 Å². The summed E-state index contributed by atoms with van der Waals surface area (Å²) in [6, 6.07) is 14.4. The van der Waals surface area contributed by atoms with Gasteiger partial charge in [-0.15, -0.1) is 0 Å². The predicted molar refractivity (Wildman–Crippen MR) is 121 cm³/mol. The number of methoxy groups -OCH3 is 1.